The Morgan fingerprint density at radius 2 is 1.07 bits per heavy atom. The van der Waals surface area contributed by atoms with Crippen LogP contribution in [0.1, 0.15) is 25.0 Å². The van der Waals surface area contributed by atoms with Crippen LogP contribution >= 0.6 is 0 Å². The van der Waals surface area contributed by atoms with Gasteiger partial charge in [-0.1, -0.05) is 118 Å². The minimum absolute atomic E-state index is 0.116. The number of hydrogen-bond acceptors (Lipinski definition) is 1. The fourth-order valence-electron chi connectivity index (χ4n) is 3.96. The molecule has 140 valence electrons. The third kappa shape index (κ3) is 4.00. The van der Waals surface area contributed by atoms with Gasteiger partial charge < -0.3 is 4.43 Å². The number of hydrogen-bond donors (Lipinski definition) is 0. The van der Waals surface area contributed by atoms with E-state index in [0.717, 1.165) is 6.42 Å². The topological polar surface area (TPSA) is 9.23 Å². The fraction of sp³-hybridized carbons (Fsp3) is 0.250. The predicted octanol–water partition coefficient (Wildman–Crippen LogP) is 5.33. The van der Waals surface area contributed by atoms with E-state index < -0.39 is 15.4 Å². The van der Waals surface area contributed by atoms with Crippen molar-refractivity contribution in [3.05, 3.63) is 96.6 Å². The molecule has 0 saturated carbocycles. The first-order valence-corrected chi connectivity index (χ1v) is 16.2. The highest BCUT2D eigenvalue weighted by Crippen LogP contribution is 2.30. The second kappa shape index (κ2) is 8.38. The van der Waals surface area contributed by atoms with Crippen molar-refractivity contribution in [3.8, 4) is 0 Å². The molecule has 0 fully saturated rings. The lowest BCUT2D eigenvalue weighted by atomic mass is 10.1. The fourth-order valence-corrected chi connectivity index (χ4v) is 16.4. The molecule has 1 unspecified atom stereocenters. The lowest BCUT2D eigenvalue weighted by Crippen LogP contribution is -2.75. The van der Waals surface area contributed by atoms with Crippen molar-refractivity contribution in [3.63, 3.8) is 0 Å². The second-order valence-corrected chi connectivity index (χ2v) is 22.0. The quantitative estimate of drug-likeness (QED) is 0.495. The Balaban J connectivity index is 2.20. The number of benzene rings is 3. The van der Waals surface area contributed by atoms with E-state index in [1.54, 1.807) is 0 Å². The normalized spacial score (nSPS) is 13.3. The summed E-state index contributed by atoms with van der Waals surface area (Å²) in [6, 6.07) is 32.7. The summed E-state index contributed by atoms with van der Waals surface area (Å²) in [5, 5.41) is 2.79. The molecule has 0 aromatic heterocycles. The van der Waals surface area contributed by atoms with Crippen LogP contribution in [0, 0.1) is 0 Å². The van der Waals surface area contributed by atoms with Crippen LogP contribution in [0.15, 0.2) is 91.0 Å². The maximum atomic E-state index is 7.31. The molecule has 0 amide bonds. The van der Waals surface area contributed by atoms with Crippen molar-refractivity contribution in [1.82, 2.24) is 0 Å². The van der Waals surface area contributed by atoms with Crippen molar-refractivity contribution in [2.45, 2.75) is 39.1 Å². The summed E-state index contributed by atoms with van der Waals surface area (Å²) in [5.74, 6) is 0. The summed E-state index contributed by atoms with van der Waals surface area (Å²) in [6.07, 6.45) is 1.09. The van der Waals surface area contributed by atoms with Gasteiger partial charge in [0.25, 0.3) is 0 Å². The molecule has 0 bridgehead atoms. The molecule has 0 saturated heterocycles. The maximum Gasteiger partial charge on any atom is 0.240 e. The molecule has 3 aromatic carbocycles. The average molecular weight is 391 g/mol. The third-order valence-electron chi connectivity index (χ3n) is 5.28. The summed E-state index contributed by atoms with van der Waals surface area (Å²) in [4.78, 5) is 0. The van der Waals surface area contributed by atoms with Crippen LogP contribution in [0.3, 0.4) is 0 Å². The van der Waals surface area contributed by atoms with Gasteiger partial charge in [-0.15, -0.1) is 0 Å². The molecule has 27 heavy (non-hydrogen) atoms. The third-order valence-corrected chi connectivity index (χ3v) is 18.7. The molecular weight excluding hydrogens is 360 g/mol. The molecule has 0 spiro atoms. The molecular formula is C24H30OSi2. The summed E-state index contributed by atoms with van der Waals surface area (Å²) < 4.78 is 7.31. The Labute approximate surface area is 166 Å². The van der Waals surface area contributed by atoms with E-state index in [2.05, 4.69) is 118 Å². The van der Waals surface area contributed by atoms with Crippen LogP contribution in [-0.4, -0.2) is 15.4 Å². The minimum atomic E-state index is -2.38. The van der Waals surface area contributed by atoms with Crippen molar-refractivity contribution < 1.29 is 4.43 Å². The molecule has 3 heteroatoms. The number of rotatable bonds is 7. The van der Waals surface area contributed by atoms with E-state index in [-0.39, 0.29) is 6.10 Å². The van der Waals surface area contributed by atoms with Crippen LogP contribution < -0.4 is 10.4 Å². The molecule has 3 rings (SSSR count). The van der Waals surface area contributed by atoms with Gasteiger partial charge in [-0.05, 0) is 22.4 Å². The summed E-state index contributed by atoms with van der Waals surface area (Å²) in [7, 11) is -4.09. The highest BCUT2D eigenvalue weighted by atomic mass is 29.3. The highest BCUT2D eigenvalue weighted by molar-refractivity contribution is 7.48. The van der Waals surface area contributed by atoms with E-state index in [1.807, 2.05) is 0 Å². The molecule has 0 radical (unpaired) electrons. The molecule has 1 nitrogen and oxygen atoms in total. The largest absolute Gasteiger partial charge is 0.404 e. The van der Waals surface area contributed by atoms with Gasteiger partial charge in [-0.25, -0.2) is 0 Å². The first-order chi connectivity index (χ1) is 13.0. The van der Waals surface area contributed by atoms with Crippen LogP contribution in [-0.2, 0) is 4.43 Å². The Kier molecular flexibility index (Phi) is 6.15. The van der Waals surface area contributed by atoms with Gasteiger partial charge in [0.15, 0.2) is 0 Å². The standard InChI is InChI=1S/C24H30OSi2/c1-5-24(21-15-9-6-10-16-21)25-27(26(2,3)4,22-17-11-7-12-18-22)23-19-13-8-14-20-23/h6-20,24H,5H2,1-4H3. The molecule has 0 heterocycles. The molecule has 0 aliphatic heterocycles. The predicted molar refractivity (Wildman–Crippen MR) is 122 cm³/mol. The van der Waals surface area contributed by atoms with Gasteiger partial charge in [0.1, 0.15) is 0 Å². The first-order valence-electron chi connectivity index (χ1n) is 9.83. The van der Waals surface area contributed by atoms with Crippen LogP contribution in [0.5, 0.6) is 0 Å². The van der Waals surface area contributed by atoms with Gasteiger partial charge in [-0.2, -0.15) is 0 Å². The molecule has 1 atom stereocenters. The van der Waals surface area contributed by atoms with Gasteiger partial charge in [0.05, 0.1) is 13.7 Å². The lowest BCUT2D eigenvalue weighted by molar-refractivity contribution is 0.204. The van der Waals surface area contributed by atoms with E-state index in [4.69, 9.17) is 4.43 Å². The Hall–Kier alpha value is -1.95. The second-order valence-electron chi connectivity index (χ2n) is 8.09. The summed E-state index contributed by atoms with van der Waals surface area (Å²) >= 11 is 0. The van der Waals surface area contributed by atoms with E-state index in [9.17, 15) is 0 Å². The maximum absolute atomic E-state index is 7.31. The minimum Gasteiger partial charge on any atom is -0.404 e. The zero-order valence-electron chi connectivity index (χ0n) is 16.9. The highest BCUT2D eigenvalue weighted by Gasteiger charge is 2.52. The van der Waals surface area contributed by atoms with E-state index >= 15 is 0 Å². The van der Waals surface area contributed by atoms with Crippen molar-refractivity contribution in [1.29, 1.82) is 0 Å². The van der Waals surface area contributed by atoms with Gasteiger partial charge in [-0.3, -0.25) is 0 Å². The Morgan fingerprint density at radius 3 is 1.44 bits per heavy atom. The SMILES string of the molecule is CCC(O[Si](c1ccccc1)(c1ccccc1)[Si](C)(C)C)c1ccccc1. The summed E-state index contributed by atoms with van der Waals surface area (Å²) in [5.41, 5.74) is 1.28. The Morgan fingerprint density at radius 1 is 0.667 bits per heavy atom. The van der Waals surface area contributed by atoms with Crippen LogP contribution in [0.4, 0.5) is 0 Å². The summed E-state index contributed by atoms with van der Waals surface area (Å²) in [6.45, 7) is 9.64. The van der Waals surface area contributed by atoms with Crippen molar-refractivity contribution >= 4 is 25.8 Å². The molecule has 0 N–H and O–H groups in total. The van der Waals surface area contributed by atoms with Crippen molar-refractivity contribution in [2.75, 3.05) is 0 Å². The van der Waals surface area contributed by atoms with Gasteiger partial charge in [0.2, 0.25) is 7.83 Å². The van der Waals surface area contributed by atoms with Crippen LogP contribution in [0.2, 0.25) is 19.6 Å². The van der Waals surface area contributed by atoms with E-state index in [0.29, 0.717) is 0 Å². The Bertz CT molecular complexity index is 787. The average Bonchev–Trinajstić information content (AvgIpc) is 2.70. The van der Waals surface area contributed by atoms with Gasteiger partial charge in [0, 0.05) is 0 Å². The van der Waals surface area contributed by atoms with Crippen LogP contribution in [0.25, 0.3) is 0 Å². The van der Waals surface area contributed by atoms with Gasteiger partial charge >= 0.3 is 0 Å². The first kappa shape index (κ1) is 19.8. The zero-order chi connectivity index (χ0) is 19.3. The smallest absolute Gasteiger partial charge is 0.240 e. The van der Waals surface area contributed by atoms with Crippen molar-refractivity contribution in [2.24, 2.45) is 0 Å². The molecule has 0 aliphatic carbocycles. The monoisotopic (exact) mass is 390 g/mol. The lowest BCUT2D eigenvalue weighted by Gasteiger charge is -2.44. The molecule has 3 aromatic rings. The molecule has 0 aliphatic rings. The van der Waals surface area contributed by atoms with E-state index in [1.165, 1.54) is 15.9 Å². The zero-order valence-corrected chi connectivity index (χ0v) is 18.9.